The molecule has 0 aliphatic carbocycles. The highest BCUT2D eigenvalue weighted by molar-refractivity contribution is 6.31. The van der Waals surface area contributed by atoms with Gasteiger partial charge in [-0.15, -0.1) is 0 Å². The molecule has 0 aliphatic rings. The second kappa shape index (κ2) is 7.54. The molecule has 0 saturated heterocycles. The highest BCUT2D eigenvalue weighted by Crippen LogP contribution is 2.26. The van der Waals surface area contributed by atoms with E-state index in [1.165, 1.54) is 0 Å². The van der Waals surface area contributed by atoms with Crippen molar-refractivity contribution >= 4 is 11.6 Å². The van der Waals surface area contributed by atoms with E-state index in [0.29, 0.717) is 35.5 Å². The highest BCUT2D eigenvalue weighted by Gasteiger charge is 2.06. The fourth-order valence-electron chi connectivity index (χ4n) is 1.36. The molecule has 0 bridgehead atoms. The molecule has 1 rings (SSSR count). The van der Waals surface area contributed by atoms with Crippen molar-refractivity contribution in [3.63, 3.8) is 0 Å². The molecule has 4 heteroatoms. The maximum atomic E-state index is 9.18. The molecule has 0 aliphatic heterocycles. The lowest BCUT2D eigenvalue weighted by molar-refractivity contribution is 0.0812. The molecule has 3 nitrogen and oxygen atoms in total. The van der Waals surface area contributed by atoms with E-state index in [1.807, 2.05) is 0 Å². The van der Waals surface area contributed by atoms with E-state index in [0.717, 1.165) is 6.61 Å². The number of rotatable bonds is 7. The Morgan fingerprint density at radius 1 is 1.29 bits per heavy atom. The monoisotopic (exact) mass is 258 g/mol. The van der Waals surface area contributed by atoms with Gasteiger partial charge in [-0.1, -0.05) is 31.5 Å². The van der Waals surface area contributed by atoms with Crippen molar-refractivity contribution in [3.05, 3.63) is 28.8 Å². The van der Waals surface area contributed by atoms with Crippen LogP contribution in [0.3, 0.4) is 0 Å². The Morgan fingerprint density at radius 3 is 2.71 bits per heavy atom. The van der Waals surface area contributed by atoms with Crippen LogP contribution in [0.15, 0.2) is 18.2 Å². The number of halogens is 1. The SMILES string of the molecule is CC(C)COCCOc1cccc(Cl)c1CO. The molecule has 0 spiro atoms. The second-order valence-corrected chi connectivity index (χ2v) is 4.60. The summed E-state index contributed by atoms with van der Waals surface area (Å²) in [6.07, 6.45) is 0. The summed E-state index contributed by atoms with van der Waals surface area (Å²) >= 11 is 5.94. The minimum atomic E-state index is -0.123. The van der Waals surface area contributed by atoms with Crippen LogP contribution in [0, 0.1) is 5.92 Å². The van der Waals surface area contributed by atoms with Gasteiger partial charge >= 0.3 is 0 Å². The predicted molar refractivity (Wildman–Crippen MR) is 68.5 cm³/mol. The summed E-state index contributed by atoms with van der Waals surface area (Å²) < 4.78 is 10.9. The van der Waals surface area contributed by atoms with Crippen LogP contribution in [-0.4, -0.2) is 24.9 Å². The maximum absolute atomic E-state index is 9.18. The van der Waals surface area contributed by atoms with Gasteiger partial charge in [0, 0.05) is 17.2 Å². The van der Waals surface area contributed by atoms with Crippen molar-refractivity contribution < 1.29 is 14.6 Å². The molecule has 0 atom stereocenters. The van der Waals surface area contributed by atoms with Crippen LogP contribution in [-0.2, 0) is 11.3 Å². The quantitative estimate of drug-likeness (QED) is 0.765. The summed E-state index contributed by atoms with van der Waals surface area (Å²) in [5.41, 5.74) is 0.623. The average Bonchev–Trinajstić information content (AvgIpc) is 2.28. The zero-order chi connectivity index (χ0) is 12.7. The van der Waals surface area contributed by atoms with E-state index in [9.17, 15) is 5.11 Å². The molecule has 0 radical (unpaired) electrons. The summed E-state index contributed by atoms with van der Waals surface area (Å²) in [5, 5.41) is 9.70. The molecule has 17 heavy (non-hydrogen) atoms. The first-order valence-electron chi connectivity index (χ1n) is 5.74. The summed E-state index contributed by atoms with van der Waals surface area (Å²) in [6.45, 7) is 5.80. The number of aliphatic hydroxyl groups is 1. The number of benzene rings is 1. The molecule has 0 unspecified atom stereocenters. The number of ether oxygens (including phenoxy) is 2. The topological polar surface area (TPSA) is 38.7 Å². The first kappa shape index (κ1) is 14.3. The third kappa shape index (κ3) is 4.94. The minimum Gasteiger partial charge on any atom is -0.491 e. The molecule has 0 aromatic heterocycles. The first-order chi connectivity index (χ1) is 8.15. The first-order valence-corrected chi connectivity index (χ1v) is 6.11. The molecular weight excluding hydrogens is 240 g/mol. The van der Waals surface area contributed by atoms with Gasteiger partial charge < -0.3 is 14.6 Å². The molecule has 1 N–H and O–H groups in total. The standard InChI is InChI=1S/C13H19ClO3/c1-10(2)9-16-6-7-17-13-5-3-4-12(14)11(13)8-15/h3-5,10,15H,6-9H2,1-2H3. The lowest BCUT2D eigenvalue weighted by atomic mass is 10.2. The smallest absolute Gasteiger partial charge is 0.126 e. The van der Waals surface area contributed by atoms with Gasteiger partial charge in [0.25, 0.3) is 0 Å². The van der Waals surface area contributed by atoms with Gasteiger partial charge in [-0.25, -0.2) is 0 Å². The zero-order valence-corrected chi connectivity index (χ0v) is 11.0. The lowest BCUT2D eigenvalue weighted by Crippen LogP contribution is -2.11. The van der Waals surface area contributed by atoms with E-state index in [4.69, 9.17) is 21.1 Å². The number of hydrogen-bond acceptors (Lipinski definition) is 3. The van der Waals surface area contributed by atoms with Gasteiger partial charge in [0.05, 0.1) is 13.2 Å². The van der Waals surface area contributed by atoms with Crippen molar-refractivity contribution in [2.45, 2.75) is 20.5 Å². The Balaban J connectivity index is 2.39. The Kier molecular flexibility index (Phi) is 6.34. The Morgan fingerprint density at radius 2 is 2.06 bits per heavy atom. The van der Waals surface area contributed by atoms with Crippen molar-refractivity contribution in [2.24, 2.45) is 5.92 Å². The van der Waals surface area contributed by atoms with Crippen LogP contribution < -0.4 is 4.74 Å². The Hall–Kier alpha value is -0.770. The fourth-order valence-corrected chi connectivity index (χ4v) is 1.58. The molecule has 1 aromatic rings. The summed E-state index contributed by atoms with van der Waals surface area (Å²) in [4.78, 5) is 0. The summed E-state index contributed by atoms with van der Waals surface area (Å²) in [6, 6.07) is 5.32. The fraction of sp³-hybridized carbons (Fsp3) is 0.538. The number of hydrogen-bond donors (Lipinski definition) is 1. The van der Waals surface area contributed by atoms with E-state index < -0.39 is 0 Å². The van der Waals surface area contributed by atoms with Gasteiger partial charge in [-0.05, 0) is 18.1 Å². The van der Waals surface area contributed by atoms with Crippen LogP contribution in [0.25, 0.3) is 0 Å². The van der Waals surface area contributed by atoms with Crippen LogP contribution in [0.4, 0.5) is 0 Å². The van der Waals surface area contributed by atoms with Crippen molar-refractivity contribution in [1.29, 1.82) is 0 Å². The summed E-state index contributed by atoms with van der Waals surface area (Å²) in [5.74, 6) is 1.14. The number of aliphatic hydroxyl groups excluding tert-OH is 1. The molecule has 1 aromatic carbocycles. The Labute approximate surface area is 107 Å². The Bertz CT molecular complexity index is 339. The maximum Gasteiger partial charge on any atom is 0.126 e. The molecule has 0 fully saturated rings. The van der Waals surface area contributed by atoms with E-state index in [1.54, 1.807) is 18.2 Å². The highest BCUT2D eigenvalue weighted by atomic mass is 35.5. The van der Waals surface area contributed by atoms with Crippen LogP contribution in [0.5, 0.6) is 5.75 Å². The van der Waals surface area contributed by atoms with Crippen molar-refractivity contribution in [3.8, 4) is 5.75 Å². The van der Waals surface area contributed by atoms with Crippen LogP contribution in [0.2, 0.25) is 5.02 Å². The van der Waals surface area contributed by atoms with Crippen LogP contribution in [0.1, 0.15) is 19.4 Å². The van der Waals surface area contributed by atoms with Gasteiger partial charge in [0.1, 0.15) is 12.4 Å². The molecule has 96 valence electrons. The molecular formula is C13H19ClO3. The summed E-state index contributed by atoms with van der Waals surface area (Å²) in [7, 11) is 0. The predicted octanol–water partition coefficient (Wildman–Crippen LogP) is 2.88. The molecule has 0 amide bonds. The second-order valence-electron chi connectivity index (χ2n) is 4.19. The normalized spacial score (nSPS) is 10.9. The van der Waals surface area contributed by atoms with Gasteiger partial charge in [-0.2, -0.15) is 0 Å². The van der Waals surface area contributed by atoms with Crippen molar-refractivity contribution in [2.75, 3.05) is 19.8 Å². The van der Waals surface area contributed by atoms with E-state index in [-0.39, 0.29) is 6.61 Å². The van der Waals surface area contributed by atoms with Gasteiger partial charge in [0.15, 0.2) is 0 Å². The molecule has 0 saturated carbocycles. The van der Waals surface area contributed by atoms with E-state index in [2.05, 4.69) is 13.8 Å². The van der Waals surface area contributed by atoms with Crippen LogP contribution >= 0.6 is 11.6 Å². The van der Waals surface area contributed by atoms with Gasteiger partial charge in [-0.3, -0.25) is 0 Å². The van der Waals surface area contributed by atoms with E-state index >= 15 is 0 Å². The third-order valence-corrected chi connectivity index (χ3v) is 2.52. The van der Waals surface area contributed by atoms with Crippen molar-refractivity contribution in [1.82, 2.24) is 0 Å². The average molecular weight is 259 g/mol. The minimum absolute atomic E-state index is 0.123. The third-order valence-electron chi connectivity index (χ3n) is 2.17. The van der Waals surface area contributed by atoms with Gasteiger partial charge in [0.2, 0.25) is 0 Å². The molecule has 0 heterocycles. The zero-order valence-electron chi connectivity index (χ0n) is 10.3. The largest absolute Gasteiger partial charge is 0.491 e. The lowest BCUT2D eigenvalue weighted by Gasteiger charge is -2.12.